The van der Waals surface area contributed by atoms with Gasteiger partial charge in [0.25, 0.3) is 0 Å². The van der Waals surface area contributed by atoms with E-state index in [1.807, 2.05) is 30.3 Å². The fourth-order valence-corrected chi connectivity index (χ4v) is 1.76. The minimum Gasteiger partial charge on any atom is -0.460 e. The summed E-state index contributed by atoms with van der Waals surface area (Å²) in [6.07, 6.45) is 2.05. The molecule has 0 aliphatic rings. The van der Waals surface area contributed by atoms with Gasteiger partial charge in [0.1, 0.15) is 6.10 Å². The van der Waals surface area contributed by atoms with Crippen molar-refractivity contribution in [1.29, 1.82) is 0 Å². The number of carbonyl (C=O) groups excluding carboxylic acids is 1. The first kappa shape index (κ1) is 15.7. The van der Waals surface area contributed by atoms with Gasteiger partial charge in [-0.05, 0) is 24.8 Å². The predicted molar refractivity (Wildman–Crippen MR) is 72.6 cm³/mol. The van der Waals surface area contributed by atoms with Crippen LogP contribution in [0.15, 0.2) is 30.3 Å². The van der Waals surface area contributed by atoms with Crippen LogP contribution in [0.5, 0.6) is 0 Å². The normalized spacial score (nSPS) is 12.1. The van der Waals surface area contributed by atoms with Gasteiger partial charge in [0.05, 0.1) is 13.2 Å². The van der Waals surface area contributed by atoms with Gasteiger partial charge in [0.2, 0.25) is 0 Å². The molecule has 0 bridgehead atoms. The molecule has 0 unspecified atom stereocenters. The van der Waals surface area contributed by atoms with E-state index in [1.54, 1.807) is 0 Å². The first-order chi connectivity index (χ1) is 9.22. The Labute approximate surface area is 114 Å². The summed E-state index contributed by atoms with van der Waals surface area (Å²) < 4.78 is 10.5. The van der Waals surface area contributed by atoms with Crippen molar-refractivity contribution in [2.24, 2.45) is 0 Å². The van der Waals surface area contributed by atoms with Gasteiger partial charge in [0, 0.05) is 13.5 Å². The monoisotopic (exact) mass is 266 g/mol. The Kier molecular flexibility index (Phi) is 7.86. The Morgan fingerprint density at radius 1 is 1.26 bits per heavy atom. The molecule has 0 heterocycles. The second-order valence-electron chi connectivity index (χ2n) is 4.45. The van der Waals surface area contributed by atoms with Crippen LogP contribution in [0.2, 0.25) is 0 Å². The van der Waals surface area contributed by atoms with Gasteiger partial charge in [0.15, 0.2) is 0 Å². The van der Waals surface area contributed by atoms with Crippen molar-refractivity contribution in [2.45, 2.75) is 38.9 Å². The van der Waals surface area contributed by atoms with Gasteiger partial charge in [-0.25, -0.2) is 0 Å². The van der Waals surface area contributed by atoms with Crippen LogP contribution in [0.4, 0.5) is 0 Å². The third kappa shape index (κ3) is 7.59. The van der Waals surface area contributed by atoms with Gasteiger partial charge in [-0.15, -0.1) is 0 Å². The average molecular weight is 266 g/mol. The number of carbonyl (C=O) groups is 1. The third-order valence-corrected chi connectivity index (χ3v) is 2.71. The lowest BCUT2D eigenvalue weighted by molar-refractivity contribution is -0.148. The number of unbranched alkanes of at least 4 members (excludes halogenated alkanes) is 1. The molecule has 0 aliphatic heterocycles. The lowest BCUT2D eigenvalue weighted by atomic mass is 10.1. The van der Waals surface area contributed by atoms with E-state index in [2.05, 4.69) is 0 Å². The maximum absolute atomic E-state index is 10.7. The van der Waals surface area contributed by atoms with Gasteiger partial charge in [-0.2, -0.15) is 0 Å². The number of ether oxygens (including phenoxy) is 2. The third-order valence-electron chi connectivity index (χ3n) is 2.71. The fraction of sp³-hybridized carbons (Fsp3) is 0.533. The summed E-state index contributed by atoms with van der Waals surface area (Å²) in [5.74, 6) is -0.348. The molecule has 0 spiro atoms. The lowest BCUT2D eigenvalue weighted by Crippen LogP contribution is -2.20. The van der Waals surface area contributed by atoms with E-state index < -0.39 is 0 Å². The molecule has 0 radical (unpaired) electrons. The summed E-state index contributed by atoms with van der Waals surface area (Å²) in [5, 5.41) is 9.02. The maximum atomic E-state index is 10.7. The van der Waals surface area contributed by atoms with E-state index in [9.17, 15) is 4.79 Å². The van der Waals surface area contributed by atoms with E-state index in [-0.39, 0.29) is 18.7 Å². The summed E-state index contributed by atoms with van der Waals surface area (Å²) in [5.41, 5.74) is 1.16. The SMILES string of the molecule is CC(=O)O[C@H](CO)CCCCOCc1ccccc1. The van der Waals surface area contributed by atoms with Gasteiger partial charge >= 0.3 is 5.97 Å². The molecular weight excluding hydrogens is 244 g/mol. The number of esters is 1. The molecule has 1 aromatic rings. The molecule has 106 valence electrons. The molecule has 19 heavy (non-hydrogen) atoms. The molecule has 1 aromatic carbocycles. The minimum absolute atomic E-state index is 0.121. The Morgan fingerprint density at radius 2 is 2.00 bits per heavy atom. The van der Waals surface area contributed by atoms with Crippen molar-refractivity contribution >= 4 is 5.97 Å². The molecule has 1 N–H and O–H groups in total. The van der Waals surface area contributed by atoms with Crippen LogP contribution >= 0.6 is 0 Å². The highest BCUT2D eigenvalue weighted by atomic mass is 16.5. The molecule has 4 heteroatoms. The molecule has 0 amide bonds. The molecule has 0 aliphatic carbocycles. The van der Waals surface area contributed by atoms with Crippen molar-refractivity contribution in [1.82, 2.24) is 0 Å². The van der Waals surface area contributed by atoms with Crippen molar-refractivity contribution in [3.05, 3.63) is 35.9 Å². The van der Waals surface area contributed by atoms with Crippen LogP contribution in [-0.4, -0.2) is 30.4 Å². The van der Waals surface area contributed by atoms with E-state index >= 15 is 0 Å². The first-order valence-electron chi connectivity index (χ1n) is 6.62. The summed E-state index contributed by atoms with van der Waals surface area (Å²) in [6, 6.07) is 10.0. The smallest absolute Gasteiger partial charge is 0.302 e. The molecule has 0 aromatic heterocycles. The van der Waals surface area contributed by atoms with Crippen molar-refractivity contribution in [2.75, 3.05) is 13.2 Å². The Hall–Kier alpha value is -1.39. The van der Waals surface area contributed by atoms with E-state index in [0.29, 0.717) is 19.6 Å². The molecule has 4 nitrogen and oxygen atoms in total. The summed E-state index contributed by atoms with van der Waals surface area (Å²) in [4.78, 5) is 10.7. The number of hydrogen-bond donors (Lipinski definition) is 1. The van der Waals surface area contributed by atoms with E-state index in [4.69, 9.17) is 14.6 Å². The zero-order chi connectivity index (χ0) is 13.9. The van der Waals surface area contributed by atoms with Crippen LogP contribution in [0, 0.1) is 0 Å². The van der Waals surface area contributed by atoms with Crippen molar-refractivity contribution in [3.63, 3.8) is 0 Å². The number of hydrogen-bond acceptors (Lipinski definition) is 4. The zero-order valence-electron chi connectivity index (χ0n) is 11.4. The summed E-state index contributed by atoms with van der Waals surface area (Å²) in [6.45, 7) is 2.53. The molecule has 0 saturated carbocycles. The molecule has 1 rings (SSSR count). The van der Waals surface area contributed by atoms with E-state index in [0.717, 1.165) is 18.4 Å². The predicted octanol–water partition coefficient (Wildman–Crippen LogP) is 2.30. The van der Waals surface area contributed by atoms with Crippen molar-refractivity contribution < 1.29 is 19.4 Å². The van der Waals surface area contributed by atoms with Crippen LogP contribution in [0.1, 0.15) is 31.7 Å². The van der Waals surface area contributed by atoms with Crippen LogP contribution in [0.25, 0.3) is 0 Å². The zero-order valence-corrected chi connectivity index (χ0v) is 11.4. The fourth-order valence-electron chi connectivity index (χ4n) is 1.76. The van der Waals surface area contributed by atoms with Gasteiger partial charge in [-0.3, -0.25) is 4.79 Å². The molecule has 0 fully saturated rings. The topological polar surface area (TPSA) is 55.8 Å². The summed E-state index contributed by atoms with van der Waals surface area (Å²) >= 11 is 0. The highest BCUT2D eigenvalue weighted by Crippen LogP contribution is 2.06. The highest BCUT2D eigenvalue weighted by Gasteiger charge is 2.09. The molecule has 0 saturated heterocycles. The maximum Gasteiger partial charge on any atom is 0.302 e. The van der Waals surface area contributed by atoms with Gasteiger partial charge in [-0.1, -0.05) is 30.3 Å². The van der Waals surface area contributed by atoms with Crippen LogP contribution < -0.4 is 0 Å². The van der Waals surface area contributed by atoms with Crippen LogP contribution in [0.3, 0.4) is 0 Å². The molecule has 1 atom stereocenters. The number of benzene rings is 1. The Balaban J connectivity index is 2.03. The van der Waals surface area contributed by atoms with Gasteiger partial charge < -0.3 is 14.6 Å². The highest BCUT2D eigenvalue weighted by molar-refractivity contribution is 5.66. The largest absolute Gasteiger partial charge is 0.460 e. The average Bonchev–Trinajstić information content (AvgIpc) is 2.42. The first-order valence-corrected chi connectivity index (χ1v) is 6.62. The number of rotatable bonds is 9. The Morgan fingerprint density at radius 3 is 2.63 bits per heavy atom. The quantitative estimate of drug-likeness (QED) is 0.550. The second-order valence-corrected chi connectivity index (χ2v) is 4.45. The standard InChI is InChI=1S/C15H22O4/c1-13(17)19-15(11-16)9-5-6-10-18-12-14-7-3-2-4-8-14/h2-4,7-8,15-16H,5-6,9-12H2,1H3/t15-/m0/s1. The number of aliphatic hydroxyl groups excluding tert-OH is 1. The van der Waals surface area contributed by atoms with E-state index in [1.165, 1.54) is 6.92 Å². The second kappa shape index (κ2) is 9.53. The van der Waals surface area contributed by atoms with Crippen molar-refractivity contribution in [3.8, 4) is 0 Å². The van der Waals surface area contributed by atoms with Crippen LogP contribution in [-0.2, 0) is 20.9 Å². The number of aliphatic hydroxyl groups is 1. The minimum atomic E-state index is -0.383. The molecular formula is C15H22O4. The Bertz CT molecular complexity index is 350. The summed E-state index contributed by atoms with van der Waals surface area (Å²) in [7, 11) is 0. The lowest BCUT2D eigenvalue weighted by Gasteiger charge is -2.13.